The summed E-state index contributed by atoms with van der Waals surface area (Å²) in [4.78, 5) is 0. The van der Waals surface area contributed by atoms with E-state index in [1.54, 1.807) is 0 Å². The predicted molar refractivity (Wildman–Crippen MR) is 29.8 cm³/mol. The van der Waals surface area contributed by atoms with Crippen LogP contribution in [-0.2, 0) is 19.5 Å². The fourth-order valence-corrected chi connectivity index (χ4v) is 0. The van der Waals surface area contributed by atoms with E-state index in [0.717, 1.165) is 0 Å². The Morgan fingerprint density at radius 3 is 1.00 bits per heavy atom. The SMILES string of the molecule is [AlH3].[GaH3].[InH3].[Zn]. The zero-order valence-electron chi connectivity index (χ0n) is 0.707. The van der Waals surface area contributed by atoms with Gasteiger partial charge in [0, 0.05) is 19.5 Å². The number of hydrogen-bond acceptors (Lipinski definition) is 0. The van der Waals surface area contributed by atoms with E-state index in [2.05, 4.69) is 0 Å². The molecular weight excluding hydrogens is 277 g/mol. The Morgan fingerprint density at radius 1 is 1.00 bits per heavy atom. The van der Waals surface area contributed by atoms with E-state index >= 15 is 0 Å². The van der Waals surface area contributed by atoms with Crippen molar-refractivity contribution in [3.8, 4) is 0 Å². The third kappa shape index (κ3) is 8.82. The quantitative estimate of drug-likeness (QED) is 0.405. The Hall–Kier alpha value is 2.66. The molecule has 0 aromatic heterocycles. The molecule has 0 aliphatic carbocycles. The van der Waals surface area contributed by atoms with Crippen LogP contribution in [0.3, 0.4) is 0 Å². The molecule has 0 aromatic rings. The first kappa shape index (κ1) is 30.1. The molecule has 4 heavy (non-hydrogen) atoms. The van der Waals surface area contributed by atoms with Gasteiger partial charge in [-0.2, -0.15) is 0 Å². The van der Waals surface area contributed by atoms with Crippen molar-refractivity contribution >= 4 is 63.0 Å². The molecule has 0 aliphatic rings. The summed E-state index contributed by atoms with van der Waals surface area (Å²) in [5.74, 6) is 0. The molecule has 0 fully saturated rings. The summed E-state index contributed by atoms with van der Waals surface area (Å²) in [6, 6.07) is 0. The van der Waals surface area contributed by atoms with E-state index in [4.69, 9.17) is 0 Å². The van der Waals surface area contributed by atoms with Gasteiger partial charge in [-0.25, -0.2) is 0 Å². The van der Waals surface area contributed by atoms with Gasteiger partial charge in [-0.3, -0.25) is 0 Å². The second-order valence-corrected chi connectivity index (χ2v) is 0. The van der Waals surface area contributed by atoms with Gasteiger partial charge < -0.3 is 0 Å². The summed E-state index contributed by atoms with van der Waals surface area (Å²) < 4.78 is 0. The minimum Gasteiger partial charge on any atom is 0 e. The second-order valence-electron chi connectivity index (χ2n) is 0. The smallest absolute Gasteiger partial charge is 0 e. The molecule has 0 heterocycles. The van der Waals surface area contributed by atoms with Gasteiger partial charge >= 0.3 is 45.6 Å². The van der Waals surface area contributed by atoms with Gasteiger partial charge in [-0.05, 0) is 0 Å². The molecule has 0 nitrogen and oxygen atoms in total. The molecule has 0 aliphatic heterocycles. The molecule has 0 spiro atoms. The van der Waals surface area contributed by atoms with Crippen LogP contribution in [0, 0.1) is 0 Å². The average Bonchev–Trinajstić information content (AvgIpc) is 0. The summed E-state index contributed by atoms with van der Waals surface area (Å²) in [6.45, 7) is 0. The van der Waals surface area contributed by atoms with E-state index in [1.807, 2.05) is 0 Å². The minimum atomic E-state index is 0. The Balaban J connectivity index is 0. The van der Waals surface area contributed by atoms with E-state index in [-0.39, 0.29) is 82.5 Å². The molecule has 0 saturated heterocycles. The number of rotatable bonds is 0. The van der Waals surface area contributed by atoms with Crippen molar-refractivity contribution in [3.63, 3.8) is 0 Å². The summed E-state index contributed by atoms with van der Waals surface area (Å²) >= 11 is 0. The van der Waals surface area contributed by atoms with Crippen molar-refractivity contribution in [2.24, 2.45) is 0 Å². The molecule has 0 bridgehead atoms. The Morgan fingerprint density at radius 2 is 1.00 bits per heavy atom. The van der Waals surface area contributed by atoms with Crippen LogP contribution >= 0.6 is 0 Å². The monoisotopic (exact) mass is 284 g/mol. The van der Waals surface area contributed by atoms with Gasteiger partial charge in [0.1, 0.15) is 0 Å². The average molecular weight is 286 g/mol. The predicted octanol–water partition coefficient (Wildman–Crippen LogP) is -3.55. The summed E-state index contributed by atoms with van der Waals surface area (Å²) in [7, 11) is 0. The summed E-state index contributed by atoms with van der Waals surface area (Å²) in [5, 5.41) is 0. The largest absolute Gasteiger partial charge is 0 e. The fourth-order valence-electron chi connectivity index (χ4n) is 0. The number of hydrogen-bond donors (Lipinski definition) is 0. The van der Waals surface area contributed by atoms with Crippen LogP contribution in [0.4, 0.5) is 0 Å². The van der Waals surface area contributed by atoms with Crippen LogP contribution in [0.2, 0.25) is 0 Å². The molecule has 0 N–H and O–H groups in total. The van der Waals surface area contributed by atoms with Crippen molar-refractivity contribution in [1.29, 1.82) is 0 Å². The molecule has 0 radical (unpaired) electrons. The van der Waals surface area contributed by atoms with Gasteiger partial charge in [0.05, 0.1) is 0 Å². The standard InChI is InChI=1S/Al.Ga.In.Zn.9H. The first-order chi connectivity index (χ1) is 0. The Kier molecular flexibility index (Phi) is 131. The van der Waals surface area contributed by atoms with Crippen molar-refractivity contribution in [1.82, 2.24) is 0 Å². The Labute approximate surface area is 81.2 Å². The van der Waals surface area contributed by atoms with Gasteiger partial charge in [0.25, 0.3) is 0 Å². The van der Waals surface area contributed by atoms with Crippen LogP contribution in [0.25, 0.3) is 0 Å². The van der Waals surface area contributed by atoms with Crippen LogP contribution in [-0.4, -0.2) is 63.0 Å². The van der Waals surface area contributed by atoms with Crippen molar-refractivity contribution in [3.05, 3.63) is 0 Å². The molecule has 0 aromatic carbocycles. The molecule has 0 rings (SSSR count). The van der Waals surface area contributed by atoms with Crippen LogP contribution in [0.15, 0.2) is 0 Å². The summed E-state index contributed by atoms with van der Waals surface area (Å²) in [6.07, 6.45) is 0. The van der Waals surface area contributed by atoms with E-state index in [1.165, 1.54) is 0 Å². The molecular formula is H9AlGaInZn. The van der Waals surface area contributed by atoms with E-state index < -0.39 is 0 Å². The van der Waals surface area contributed by atoms with Crippen molar-refractivity contribution in [2.75, 3.05) is 0 Å². The van der Waals surface area contributed by atoms with Crippen molar-refractivity contribution < 1.29 is 19.5 Å². The molecule has 0 unspecified atom stereocenters. The zero-order valence-corrected chi connectivity index (χ0v) is 3.67. The zero-order chi connectivity index (χ0) is 0. The van der Waals surface area contributed by atoms with E-state index in [9.17, 15) is 0 Å². The maximum absolute atomic E-state index is 0. The summed E-state index contributed by atoms with van der Waals surface area (Å²) in [5.41, 5.74) is 0. The first-order valence-corrected chi connectivity index (χ1v) is 0. The molecule has 0 saturated carbocycles. The fraction of sp³-hybridized carbons (Fsp3) is 0. The van der Waals surface area contributed by atoms with Crippen LogP contribution in [0.5, 0.6) is 0 Å². The molecule has 0 atom stereocenters. The normalized spacial score (nSPS) is 0. The van der Waals surface area contributed by atoms with Gasteiger partial charge in [0.2, 0.25) is 0 Å². The first-order valence-electron chi connectivity index (χ1n) is 0. The third-order valence-corrected chi connectivity index (χ3v) is 0. The second kappa shape index (κ2) is 17.4. The van der Waals surface area contributed by atoms with Gasteiger partial charge in [0.15, 0.2) is 17.4 Å². The van der Waals surface area contributed by atoms with Crippen LogP contribution in [0.1, 0.15) is 0 Å². The topological polar surface area (TPSA) is 0 Å². The minimum absolute atomic E-state index is 0. The molecule has 20 valence electrons. The third-order valence-electron chi connectivity index (χ3n) is 0. The van der Waals surface area contributed by atoms with Crippen LogP contribution < -0.4 is 0 Å². The van der Waals surface area contributed by atoms with Gasteiger partial charge in [-0.1, -0.05) is 0 Å². The van der Waals surface area contributed by atoms with E-state index in [0.29, 0.717) is 0 Å². The molecule has 4 heteroatoms. The maximum Gasteiger partial charge on any atom is 0 e. The Bertz CT molecular complexity index is 8.00. The maximum atomic E-state index is 0. The van der Waals surface area contributed by atoms with Crippen molar-refractivity contribution in [2.45, 2.75) is 0 Å². The molecule has 0 amide bonds. The van der Waals surface area contributed by atoms with Gasteiger partial charge in [-0.15, -0.1) is 0 Å².